The molecule has 1 amide bonds. The van der Waals surface area contributed by atoms with Crippen LogP contribution in [0.15, 0.2) is 22.3 Å². The molecule has 28 heavy (non-hydrogen) atoms. The molecule has 0 unspecified atom stereocenters. The molecule has 1 aromatic carbocycles. The number of rotatable bonds is 5. The monoisotopic (exact) mass is 405 g/mol. The minimum Gasteiger partial charge on any atom is -0.496 e. The fourth-order valence-corrected chi connectivity index (χ4v) is 3.35. The molecule has 2 fully saturated rings. The summed E-state index contributed by atoms with van der Waals surface area (Å²) in [5.41, 5.74) is 0.522. The van der Waals surface area contributed by atoms with Crippen LogP contribution in [0.1, 0.15) is 33.3 Å². The number of methoxy groups -OCH3 is 2. The van der Waals surface area contributed by atoms with Crippen LogP contribution in [0.3, 0.4) is 0 Å². The van der Waals surface area contributed by atoms with E-state index in [4.69, 9.17) is 18.8 Å². The molecule has 150 valence electrons. The van der Waals surface area contributed by atoms with Crippen molar-refractivity contribution in [3.05, 3.63) is 17.7 Å². The molecule has 0 aliphatic carbocycles. The van der Waals surface area contributed by atoms with E-state index < -0.39 is 18.3 Å². The second-order valence-electron chi connectivity index (χ2n) is 7.41. The van der Waals surface area contributed by atoms with Crippen LogP contribution in [0, 0.1) is 0 Å². The van der Waals surface area contributed by atoms with E-state index in [9.17, 15) is 4.79 Å². The fraction of sp³-hybridized carbons (Fsp3) is 0.500. The Bertz CT molecular complexity index is 800. The van der Waals surface area contributed by atoms with Crippen LogP contribution in [0.5, 0.6) is 11.5 Å². The fourth-order valence-electron chi connectivity index (χ4n) is 2.72. The second kappa shape index (κ2) is 7.77. The third kappa shape index (κ3) is 4.04. The van der Waals surface area contributed by atoms with Gasteiger partial charge in [-0.1, -0.05) is 11.8 Å². The van der Waals surface area contributed by atoms with Crippen LogP contribution < -0.4 is 20.3 Å². The zero-order chi connectivity index (χ0) is 20.5. The Morgan fingerprint density at radius 1 is 1.14 bits per heavy atom. The summed E-state index contributed by atoms with van der Waals surface area (Å²) in [6.45, 7) is 8.01. The van der Waals surface area contributed by atoms with E-state index >= 15 is 0 Å². The van der Waals surface area contributed by atoms with Crippen molar-refractivity contribution in [2.75, 3.05) is 20.0 Å². The highest BCUT2D eigenvalue weighted by Gasteiger charge is 2.52. The number of amides is 1. The molecule has 2 heterocycles. The first-order chi connectivity index (χ1) is 13.2. The van der Waals surface area contributed by atoms with Crippen LogP contribution in [-0.4, -0.2) is 55.6 Å². The van der Waals surface area contributed by atoms with Gasteiger partial charge in [0.25, 0.3) is 0 Å². The maximum Gasteiger partial charge on any atom is 0.495 e. The summed E-state index contributed by atoms with van der Waals surface area (Å²) in [7, 11) is 2.60. The Morgan fingerprint density at radius 2 is 1.71 bits per heavy atom. The van der Waals surface area contributed by atoms with Crippen LogP contribution in [0.25, 0.3) is 0 Å². The lowest BCUT2D eigenvalue weighted by Gasteiger charge is -2.32. The van der Waals surface area contributed by atoms with E-state index in [0.717, 1.165) is 5.46 Å². The van der Waals surface area contributed by atoms with Gasteiger partial charge in [-0.2, -0.15) is 5.10 Å². The highest BCUT2D eigenvalue weighted by atomic mass is 32.2. The van der Waals surface area contributed by atoms with E-state index in [1.165, 1.54) is 18.0 Å². The quantitative estimate of drug-likeness (QED) is 0.454. The predicted octanol–water partition coefficient (Wildman–Crippen LogP) is 1.56. The number of benzene rings is 1. The SMILES string of the molecule is COc1cc(B2OC(C)(C)C(C)(C)O2)cc(OC)c1C=NN=C1NC(=O)CS1. The standard InChI is InChI=1S/C18H24BN3O5S/c1-17(2)18(3,4)27-19(26-17)11-7-13(24-5)12(14(8-11)25-6)9-20-22-16-21-15(23)10-28-16/h7-9H,10H2,1-6H3,(H,21,22,23). The first-order valence-corrected chi connectivity index (χ1v) is 9.80. The normalized spacial score (nSPS) is 22.1. The molecule has 0 spiro atoms. The number of hydrogen-bond donors (Lipinski definition) is 1. The van der Waals surface area contributed by atoms with Crippen molar-refractivity contribution in [1.29, 1.82) is 0 Å². The van der Waals surface area contributed by atoms with E-state index in [1.54, 1.807) is 14.2 Å². The van der Waals surface area contributed by atoms with Gasteiger partial charge >= 0.3 is 7.12 Å². The van der Waals surface area contributed by atoms with Crippen LogP contribution in [0.2, 0.25) is 0 Å². The summed E-state index contributed by atoms with van der Waals surface area (Å²) in [5, 5.41) is 11.2. The maximum absolute atomic E-state index is 11.2. The van der Waals surface area contributed by atoms with E-state index in [2.05, 4.69) is 15.5 Å². The Kier molecular flexibility index (Phi) is 5.74. The second-order valence-corrected chi connectivity index (χ2v) is 8.38. The molecule has 2 aliphatic rings. The summed E-state index contributed by atoms with van der Waals surface area (Å²) >= 11 is 1.30. The summed E-state index contributed by atoms with van der Waals surface area (Å²) < 4.78 is 23.3. The molecule has 0 bridgehead atoms. The molecular weight excluding hydrogens is 381 g/mol. The van der Waals surface area contributed by atoms with E-state index in [1.807, 2.05) is 39.8 Å². The lowest BCUT2D eigenvalue weighted by atomic mass is 9.78. The smallest absolute Gasteiger partial charge is 0.495 e. The van der Waals surface area contributed by atoms with Gasteiger partial charge in [-0.05, 0) is 45.3 Å². The van der Waals surface area contributed by atoms with E-state index in [-0.39, 0.29) is 5.91 Å². The highest BCUT2D eigenvalue weighted by molar-refractivity contribution is 8.15. The number of carbonyl (C=O) groups is 1. The molecule has 0 atom stereocenters. The zero-order valence-corrected chi connectivity index (χ0v) is 17.7. The molecule has 1 N–H and O–H groups in total. The van der Waals surface area contributed by atoms with Crippen molar-refractivity contribution in [3.63, 3.8) is 0 Å². The van der Waals surface area contributed by atoms with Gasteiger partial charge in [0, 0.05) is 0 Å². The molecule has 2 saturated heterocycles. The van der Waals surface area contributed by atoms with E-state index in [0.29, 0.717) is 28.0 Å². The minimum atomic E-state index is -0.538. The average Bonchev–Trinajstić information content (AvgIpc) is 3.14. The van der Waals surface area contributed by atoms with Crippen molar-refractivity contribution in [2.45, 2.75) is 38.9 Å². The van der Waals surface area contributed by atoms with Gasteiger partial charge in [0.05, 0.1) is 43.0 Å². The molecular formula is C18H24BN3O5S. The van der Waals surface area contributed by atoms with Gasteiger partial charge < -0.3 is 24.1 Å². The van der Waals surface area contributed by atoms with Crippen molar-refractivity contribution >= 4 is 41.6 Å². The van der Waals surface area contributed by atoms with Gasteiger partial charge in [-0.3, -0.25) is 4.79 Å². The predicted molar refractivity (Wildman–Crippen MR) is 111 cm³/mol. The van der Waals surface area contributed by atoms with Crippen molar-refractivity contribution < 1.29 is 23.6 Å². The van der Waals surface area contributed by atoms with Gasteiger partial charge in [0.15, 0.2) is 5.17 Å². The number of hydrogen-bond acceptors (Lipinski definition) is 8. The topological polar surface area (TPSA) is 90.7 Å². The first-order valence-electron chi connectivity index (χ1n) is 8.82. The lowest BCUT2D eigenvalue weighted by Crippen LogP contribution is -2.41. The number of thioether (sulfide) groups is 1. The molecule has 0 saturated carbocycles. The molecule has 2 aliphatic heterocycles. The largest absolute Gasteiger partial charge is 0.496 e. The Balaban J connectivity index is 1.90. The van der Waals surface area contributed by atoms with Gasteiger partial charge in [-0.15, -0.1) is 5.10 Å². The van der Waals surface area contributed by atoms with Gasteiger partial charge in [0.1, 0.15) is 11.5 Å². The third-order valence-corrected chi connectivity index (χ3v) is 5.88. The van der Waals surface area contributed by atoms with Crippen molar-refractivity contribution in [2.24, 2.45) is 10.2 Å². The number of nitrogens with one attached hydrogen (secondary N) is 1. The number of ether oxygens (including phenoxy) is 2. The Morgan fingerprint density at radius 3 is 2.18 bits per heavy atom. The molecule has 1 aromatic rings. The Hall–Kier alpha value is -2.04. The number of amidine groups is 1. The highest BCUT2D eigenvalue weighted by Crippen LogP contribution is 2.37. The molecule has 0 radical (unpaired) electrons. The summed E-state index contributed by atoms with van der Waals surface area (Å²) in [4.78, 5) is 11.2. The minimum absolute atomic E-state index is 0.0825. The molecule has 3 rings (SSSR count). The maximum atomic E-state index is 11.2. The molecule has 10 heteroatoms. The molecule has 0 aromatic heterocycles. The Labute approximate surface area is 169 Å². The average molecular weight is 405 g/mol. The van der Waals surface area contributed by atoms with Crippen LogP contribution in [-0.2, 0) is 14.1 Å². The summed E-state index contributed by atoms with van der Waals surface area (Å²) in [6.07, 6.45) is 1.53. The molecule has 8 nitrogen and oxygen atoms in total. The van der Waals surface area contributed by atoms with Crippen LogP contribution >= 0.6 is 11.8 Å². The first kappa shape index (κ1) is 20.7. The summed E-state index contributed by atoms with van der Waals surface area (Å²) in [6, 6.07) is 3.68. The van der Waals surface area contributed by atoms with Gasteiger partial charge in [0.2, 0.25) is 5.91 Å². The number of nitrogens with zero attached hydrogens (tertiary/aromatic N) is 2. The third-order valence-electron chi connectivity index (χ3n) is 5.01. The van der Waals surface area contributed by atoms with Gasteiger partial charge in [-0.25, -0.2) is 0 Å². The lowest BCUT2D eigenvalue weighted by molar-refractivity contribution is -0.116. The van der Waals surface area contributed by atoms with Crippen molar-refractivity contribution in [3.8, 4) is 11.5 Å². The van der Waals surface area contributed by atoms with Crippen LogP contribution in [0.4, 0.5) is 0 Å². The summed E-state index contributed by atoms with van der Waals surface area (Å²) in [5.74, 6) is 1.37. The van der Waals surface area contributed by atoms with Crippen molar-refractivity contribution in [1.82, 2.24) is 5.32 Å². The zero-order valence-electron chi connectivity index (χ0n) is 16.9. The number of carbonyl (C=O) groups excluding carboxylic acids is 1.